The Morgan fingerprint density at radius 3 is 2.87 bits per heavy atom. The van der Waals surface area contributed by atoms with Gasteiger partial charge >= 0.3 is 0 Å². The third kappa shape index (κ3) is 3.24. The van der Waals surface area contributed by atoms with E-state index in [2.05, 4.69) is 15.1 Å². The molecule has 31 heavy (non-hydrogen) atoms. The maximum atomic E-state index is 13.0. The predicted octanol–water partition coefficient (Wildman–Crippen LogP) is 3.53. The van der Waals surface area contributed by atoms with Crippen molar-refractivity contribution in [2.45, 2.75) is 39.7 Å². The van der Waals surface area contributed by atoms with Gasteiger partial charge in [0.25, 0.3) is 5.56 Å². The van der Waals surface area contributed by atoms with Gasteiger partial charge in [-0.2, -0.15) is 5.10 Å². The van der Waals surface area contributed by atoms with Gasteiger partial charge in [-0.1, -0.05) is 11.6 Å². The highest BCUT2D eigenvalue weighted by Gasteiger charge is 2.24. The summed E-state index contributed by atoms with van der Waals surface area (Å²) in [5.74, 6) is 0.0591. The molecule has 1 aliphatic rings. The van der Waals surface area contributed by atoms with Crippen molar-refractivity contribution < 1.29 is 4.79 Å². The van der Waals surface area contributed by atoms with Crippen LogP contribution in [0.4, 0.5) is 0 Å². The molecule has 8 heteroatoms. The lowest BCUT2D eigenvalue weighted by atomic mass is 10.0. The molecule has 1 aliphatic heterocycles. The molecular formula is C23H24ClN5O2. The summed E-state index contributed by atoms with van der Waals surface area (Å²) in [6.45, 7) is 5.10. The zero-order valence-electron chi connectivity index (χ0n) is 17.8. The number of carbonyl (C=O) groups is 1. The molecule has 4 heterocycles. The van der Waals surface area contributed by atoms with Gasteiger partial charge < -0.3 is 14.9 Å². The van der Waals surface area contributed by atoms with Gasteiger partial charge in [0.05, 0.1) is 5.69 Å². The summed E-state index contributed by atoms with van der Waals surface area (Å²) in [6.07, 6.45) is 1.49. The van der Waals surface area contributed by atoms with Crippen LogP contribution < -0.4 is 5.56 Å². The number of benzene rings is 1. The van der Waals surface area contributed by atoms with E-state index in [-0.39, 0.29) is 11.5 Å². The summed E-state index contributed by atoms with van der Waals surface area (Å²) in [4.78, 5) is 34.0. The zero-order chi connectivity index (χ0) is 21.9. The first-order valence-corrected chi connectivity index (χ1v) is 10.8. The molecule has 0 radical (unpaired) electrons. The van der Waals surface area contributed by atoms with Crippen LogP contribution in [0.25, 0.3) is 21.9 Å². The second kappa shape index (κ2) is 7.27. The van der Waals surface area contributed by atoms with E-state index in [1.807, 2.05) is 44.0 Å². The molecule has 0 saturated carbocycles. The molecule has 0 unspecified atom stereocenters. The van der Waals surface area contributed by atoms with Crippen LogP contribution in [-0.4, -0.2) is 37.1 Å². The van der Waals surface area contributed by atoms with Crippen LogP contribution in [-0.2, 0) is 31.2 Å². The largest absolute Gasteiger partial charge is 0.358 e. The summed E-state index contributed by atoms with van der Waals surface area (Å²) in [5.41, 5.74) is 6.37. The smallest absolute Gasteiger partial charge is 0.253 e. The van der Waals surface area contributed by atoms with Crippen LogP contribution in [0.5, 0.6) is 0 Å². The van der Waals surface area contributed by atoms with Gasteiger partial charge in [-0.15, -0.1) is 0 Å². The fourth-order valence-electron chi connectivity index (χ4n) is 4.85. The lowest BCUT2D eigenvalue weighted by Crippen LogP contribution is -2.36. The van der Waals surface area contributed by atoms with Gasteiger partial charge in [0, 0.05) is 71.1 Å². The molecule has 5 rings (SSSR count). The second-order valence-corrected chi connectivity index (χ2v) is 8.76. The summed E-state index contributed by atoms with van der Waals surface area (Å²) in [7, 11) is 1.82. The predicted molar refractivity (Wildman–Crippen MR) is 122 cm³/mol. The highest BCUT2D eigenvalue weighted by molar-refractivity contribution is 6.31. The summed E-state index contributed by atoms with van der Waals surface area (Å²) in [5, 5.41) is 7.13. The van der Waals surface area contributed by atoms with Crippen molar-refractivity contribution in [2.75, 3.05) is 6.54 Å². The number of fused-ring (bicyclic) bond motifs is 4. The first-order chi connectivity index (χ1) is 14.8. The fraction of sp³-hybridized carbons (Fsp3) is 0.348. The minimum absolute atomic E-state index is 0.0591. The Labute approximate surface area is 184 Å². The molecule has 7 nitrogen and oxygen atoms in total. The normalized spacial score (nSPS) is 13.9. The molecule has 1 aromatic carbocycles. The van der Waals surface area contributed by atoms with E-state index in [1.165, 1.54) is 5.69 Å². The highest BCUT2D eigenvalue weighted by atomic mass is 35.5. The molecule has 0 fully saturated rings. The number of aryl methyl sites for hydroxylation is 3. The first kappa shape index (κ1) is 19.9. The number of halogens is 1. The third-order valence-corrected chi connectivity index (χ3v) is 6.67. The van der Waals surface area contributed by atoms with Crippen LogP contribution in [0, 0.1) is 13.8 Å². The van der Waals surface area contributed by atoms with Crippen LogP contribution in [0.15, 0.2) is 23.0 Å². The van der Waals surface area contributed by atoms with E-state index < -0.39 is 0 Å². The molecular weight excluding hydrogens is 414 g/mol. The maximum absolute atomic E-state index is 13.0. The van der Waals surface area contributed by atoms with Crippen LogP contribution >= 0.6 is 11.6 Å². The van der Waals surface area contributed by atoms with Crippen molar-refractivity contribution in [3.63, 3.8) is 0 Å². The van der Waals surface area contributed by atoms with E-state index in [9.17, 15) is 9.59 Å². The Morgan fingerprint density at radius 1 is 1.26 bits per heavy atom. The molecule has 4 aromatic rings. The van der Waals surface area contributed by atoms with Crippen molar-refractivity contribution >= 4 is 39.4 Å². The van der Waals surface area contributed by atoms with Crippen molar-refractivity contribution in [2.24, 2.45) is 7.05 Å². The number of aromatic nitrogens is 4. The van der Waals surface area contributed by atoms with E-state index >= 15 is 0 Å². The molecule has 1 amide bonds. The van der Waals surface area contributed by atoms with E-state index in [0.717, 1.165) is 45.2 Å². The van der Waals surface area contributed by atoms with Gasteiger partial charge in [-0.05, 0) is 44.0 Å². The number of pyridine rings is 1. The monoisotopic (exact) mass is 437 g/mol. The average Bonchev–Trinajstić information content (AvgIpc) is 3.23. The third-order valence-electron chi connectivity index (χ3n) is 6.43. The molecule has 0 saturated heterocycles. The number of aromatic amines is 2. The van der Waals surface area contributed by atoms with Gasteiger partial charge in [0.2, 0.25) is 5.91 Å². The van der Waals surface area contributed by atoms with Crippen molar-refractivity contribution in [1.82, 2.24) is 24.6 Å². The summed E-state index contributed by atoms with van der Waals surface area (Å²) >= 11 is 6.19. The number of H-pyrrole nitrogens is 2. The van der Waals surface area contributed by atoms with Crippen molar-refractivity contribution in [1.29, 1.82) is 0 Å². The molecule has 0 bridgehead atoms. The fourth-order valence-corrected chi connectivity index (χ4v) is 5.02. The van der Waals surface area contributed by atoms with Gasteiger partial charge in [0.1, 0.15) is 5.65 Å². The van der Waals surface area contributed by atoms with Gasteiger partial charge in [0.15, 0.2) is 0 Å². The number of amides is 1. The molecule has 3 aromatic heterocycles. The van der Waals surface area contributed by atoms with E-state index in [1.54, 1.807) is 4.68 Å². The molecule has 2 N–H and O–H groups in total. The number of nitrogens with one attached hydrogen (secondary N) is 2. The topological polar surface area (TPSA) is 86.8 Å². The first-order valence-electron chi connectivity index (χ1n) is 10.4. The Hall–Kier alpha value is -3.06. The number of hydrogen-bond donors (Lipinski definition) is 2. The number of rotatable bonds is 3. The number of nitrogens with zero attached hydrogens (tertiary/aromatic N) is 3. The maximum Gasteiger partial charge on any atom is 0.253 e. The Morgan fingerprint density at radius 2 is 2.06 bits per heavy atom. The highest BCUT2D eigenvalue weighted by Crippen LogP contribution is 2.30. The Balaban J connectivity index is 1.37. The van der Waals surface area contributed by atoms with Crippen molar-refractivity contribution in [3.05, 3.63) is 61.7 Å². The standard InChI is InChI=1S/C23H24ClN5O2/c1-12-15(23(31)26-22-21(12)13(2)27-28(22)3)5-7-20(30)29-9-8-19-17(11-29)16-10-14(24)4-6-18(16)25-19/h4,6,10,25H,5,7-9,11H2,1-3H3,(H,26,31). The molecule has 160 valence electrons. The zero-order valence-corrected chi connectivity index (χ0v) is 18.6. The quantitative estimate of drug-likeness (QED) is 0.514. The molecule has 0 aliphatic carbocycles. The summed E-state index contributed by atoms with van der Waals surface area (Å²) in [6, 6.07) is 5.80. The molecule has 0 atom stereocenters. The van der Waals surface area contributed by atoms with Crippen LogP contribution in [0.2, 0.25) is 5.02 Å². The lowest BCUT2D eigenvalue weighted by Gasteiger charge is -2.27. The SMILES string of the molecule is Cc1nn(C)c2[nH]c(=O)c(CCC(=O)N3CCc4[nH]c5ccc(Cl)cc5c4C3)c(C)c12. The number of carbonyl (C=O) groups excluding carboxylic acids is 1. The Bertz CT molecular complexity index is 1410. The van der Waals surface area contributed by atoms with Gasteiger partial charge in [-0.3, -0.25) is 14.3 Å². The minimum Gasteiger partial charge on any atom is -0.358 e. The van der Waals surface area contributed by atoms with Crippen molar-refractivity contribution in [3.8, 4) is 0 Å². The van der Waals surface area contributed by atoms with Gasteiger partial charge in [-0.25, -0.2) is 0 Å². The molecule has 0 spiro atoms. The van der Waals surface area contributed by atoms with E-state index in [4.69, 9.17) is 11.6 Å². The minimum atomic E-state index is -0.145. The lowest BCUT2D eigenvalue weighted by molar-refractivity contribution is -0.132. The number of hydrogen-bond acceptors (Lipinski definition) is 3. The summed E-state index contributed by atoms with van der Waals surface area (Å²) < 4.78 is 1.69. The van der Waals surface area contributed by atoms with Crippen LogP contribution in [0.3, 0.4) is 0 Å². The Kier molecular flexibility index (Phi) is 4.66. The second-order valence-electron chi connectivity index (χ2n) is 8.33. The van der Waals surface area contributed by atoms with E-state index in [0.29, 0.717) is 36.5 Å². The average molecular weight is 438 g/mol. The van der Waals surface area contributed by atoms with Crippen LogP contribution in [0.1, 0.15) is 34.5 Å².